The van der Waals surface area contributed by atoms with E-state index >= 15 is 0 Å². The highest BCUT2D eigenvalue weighted by Gasteiger charge is 2.41. The number of nitrogens with zero attached hydrogens (tertiary/aromatic N) is 3. The molecular weight excluding hydrogens is 302 g/mol. The van der Waals surface area contributed by atoms with Gasteiger partial charge in [-0.2, -0.15) is 0 Å². The number of anilines is 1. The molecule has 0 unspecified atom stereocenters. The Morgan fingerprint density at radius 2 is 2.12 bits per heavy atom. The first kappa shape index (κ1) is 17.2. The molecule has 0 aromatic carbocycles. The molecule has 3 rings (SSSR count). The van der Waals surface area contributed by atoms with E-state index in [0.717, 1.165) is 50.4 Å². The predicted molar refractivity (Wildman–Crippen MR) is 95.1 cm³/mol. The number of rotatable bonds is 4. The van der Waals surface area contributed by atoms with Gasteiger partial charge in [0.05, 0.1) is 6.61 Å². The number of carbonyl (C=O) groups is 1. The number of amides is 1. The minimum absolute atomic E-state index is 0.0452. The molecule has 1 aromatic rings. The van der Waals surface area contributed by atoms with Gasteiger partial charge in [-0.3, -0.25) is 4.79 Å². The van der Waals surface area contributed by atoms with E-state index < -0.39 is 0 Å². The quantitative estimate of drug-likeness (QED) is 0.920. The first-order chi connectivity index (χ1) is 11.5. The Balaban J connectivity index is 1.76. The van der Waals surface area contributed by atoms with Crippen molar-refractivity contribution >= 4 is 11.7 Å². The molecule has 2 fully saturated rings. The molecule has 1 N–H and O–H groups in total. The maximum Gasteiger partial charge on any atom is 0.222 e. The Labute approximate surface area is 144 Å². The van der Waals surface area contributed by atoms with Crippen LogP contribution in [0.5, 0.6) is 0 Å². The lowest BCUT2D eigenvalue weighted by Crippen LogP contribution is -2.54. The van der Waals surface area contributed by atoms with Crippen molar-refractivity contribution in [2.75, 3.05) is 37.7 Å². The van der Waals surface area contributed by atoms with Crippen LogP contribution in [-0.4, -0.2) is 53.7 Å². The van der Waals surface area contributed by atoms with E-state index in [-0.39, 0.29) is 17.9 Å². The Morgan fingerprint density at radius 1 is 1.29 bits per heavy atom. The van der Waals surface area contributed by atoms with Gasteiger partial charge >= 0.3 is 0 Å². The Hall–Kier alpha value is -1.62. The highest BCUT2D eigenvalue weighted by atomic mass is 16.3. The van der Waals surface area contributed by atoms with Gasteiger partial charge in [-0.25, -0.2) is 4.98 Å². The van der Waals surface area contributed by atoms with Crippen molar-refractivity contribution in [3.8, 4) is 0 Å². The van der Waals surface area contributed by atoms with Crippen molar-refractivity contribution in [1.82, 2.24) is 9.88 Å². The molecule has 2 aliphatic heterocycles. The van der Waals surface area contributed by atoms with E-state index in [1.54, 1.807) is 0 Å². The molecule has 0 radical (unpaired) electrons. The van der Waals surface area contributed by atoms with Gasteiger partial charge in [0, 0.05) is 43.7 Å². The normalized spacial score (nSPS) is 24.9. The average Bonchev–Trinajstić information content (AvgIpc) is 2.59. The molecule has 5 heteroatoms. The molecule has 0 saturated carbocycles. The minimum atomic E-state index is 0.0452. The van der Waals surface area contributed by atoms with Crippen LogP contribution in [0.2, 0.25) is 0 Å². The SMILES string of the molecule is CC(C)c1cccc(N2CCC[C@@]3(CCC(=O)N(CCO)C3)C2)n1. The Bertz CT molecular complexity index is 590. The third-order valence-corrected chi connectivity index (χ3v) is 5.45. The summed E-state index contributed by atoms with van der Waals surface area (Å²) in [6.45, 7) is 7.60. The van der Waals surface area contributed by atoms with E-state index in [9.17, 15) is 9.90 Å². The summed E-state index contributed by atoms with van der Waals surface area (Å²) in [7, 11) is 0. The largest absolute Gasteiger partial charge is 0.395 e. The summed E-state index contributed by atoms with van der Waals surface area (Å²) in [5.41, 5.74) is 1.28. The first-order valence-electron chi connectivity index (χ1n) is 9.13. The monoisotopic (exact) mass is 331 g/mol. The summed E-state index contributed by atoms with van der Waals surface area (Å²) in [6.07, 6.45) is 3.85. The zero-order chi connectivity index (χ0) is 17.2. The lowest BCUT2D eigenvalue weighted by molar-refractivity contribution is -0.138. The Kier molecular flexibility index (Phi) is 5.09. The smallest absolute Gasteiger partial charge is 0.222 e. The molecule has 132 valence electrons. The summed E-state index contributed by atoms with van der Waals surface area (Å²) in [4.78, 5) is 21.2. The Morgan fingerprint density at radius 3 is 2.88 bits per heavy atom. The second kappa shape index (κ2) is 7.09. The molecule has 3 heterocycles. The molecule has 1 aromatic heterocycles. The van der Waals surface area contributed by atoms with Crippen LogP contribution >= 0.6 is 0 Å². The van der Waals surface area contributed by atoms with Crippen LogP contribution in [0.15, 0.2) is 18.2 Å². The van der Waals surface area contributed by atoms with Crippen LogP contribution in [-0.2, 0) is 4.79 Å². The fourth-order valence-corrected chi connectivity index (χ4v) is 4.10. The van der Waals surface area contributed by atoms with Gasteiger partial charge in [-0.05, 0) is 37.3 Å². The predicted octanol–water partition coefficient (Wildman–Crippen LogP) is 2.41. The number of hydrogen-bond donors (Lipinski definition) is 1. The van der Waals surface area contributed by atoms with Gasteiger partial charge in [0.2, 0.25) is 5.91 Å². The number of pyridine rings is 1. The number of hydrogen-bond acceptors (Lipinski definition) is 4. The molecule has 2 aliphatic rings. The van der Waals surface area contributed by atoms with E-state index in [1.165, 1.54) is 0 Å². The zero-order valence-corrected chi connectivity index (χ0v) is 14.9. The fourth-order valence-electron chi connectivity index (χ4n) is 4.10. The lowest BCUT2D eigenvalue weighted by atomic mass is 9.73. The number of β-amino-alcohol motifs (C(OH)–C–C–N with tert-alkyl or cyclic N) is 1. The van der Waals surface area contributed by atoms with Crippen molar-refractivity contribution in [2.45, 2.75) is 45.4 Å². The molecule has 1 spiro atoms. The van der Waals surface area contributed by atoms with Crippen LogP contribution in [0.3, 0.4) is 0 Å². The number of aliphatic hydroxyl groups excluding tert-OH is 1. The van der Waals surface area contributed by atoms with E-state index in [1.807, 2.05) is 4.90 Å². The van der Waals surface area contributed by atoms with E-state index in [4.69, 9.17) is 4.98 Å². The molecule has 2 saturated heterocycles. The minimum Gasteiger partial charge on any atom is -0.395 e. The van der Waals surface area contributed by atoms with Crippen LogP contribution in [0.4, 0.5) is 5.82 Å². The standard InChI is InChI=1S/C19H29N3O2/c1-15(2)16-5-3-6-17(20-16)21-10-4-8-19(13-21)9-7-18(24)22(14-19)11-12-23/h3,5-6,15,23H,4,7-14H2,1-2H3/t19-/m1/s1. The van der Waals surface area contributed by atoms with Gasteiger partial charge in [-0.1, -0.05) is 19.9 Å². The highest BCUT2D eigenvalue weighted by molar-refractivity contribution is 5.77. The summed E-state index contributed by atoms with van der Waals surface area (Å²) >= 11 is 0. The molecule has 0 bridgehead atoms. The number of carbonyl (C=O) groups excluding carboxylic acids is 1. The second-order valence-corrected chi connectivity index (χ2v) is 7.64. The number of aromatic nitrogens is 1. The number of piperidine rings is 2. The summed E-state index contributed by atoms with van der Waals surface area (Å²) in [5, 5.41) is 9.22. The van der Waals surface area contributed by atoms with E-state index in [2.05, 4.69) is 36.9 Å². The van der Waals surface area contributed by atoms with E-state index in [0.29, 0.717) is 18.9 Å². The number of likely N-dealkylation sites (tertiary alicyclic amines) is 1. The van der Waals surface area contributed by atoms with Crippen LogP contribution < -0.4 is 4.90 Å². The topological polar surface area (TPSA) is 56.7 Å². The van der Waals surface area contributed by atoms with Crippen molar-refractivity contribution in [3.63, 3.8) is 0 Å². The highest BCUT2D eigenvalue weighted by Crippen LogP contribution is 2.39. The fraction of sp³-hybridized carbons (Fsp3) is 0.684. The first-order valence-corrected chi connectivity index (χ1v) is 9.13. The molecule has 1 atom stereocenters. The molecular formula is C19H29N3O2. The van der Waals surface area contributed by atoms with Crippen molar-refractivity contribution in [3.05, 3.63) is 23.9 Å². The average molecular weight is 331 g/mol. The van der Waals surface area contributed by atoms with Gasteiger partial charge < -0.3 is 14.9 Å². The van der Waals surface area contributed by atoms with Crippen molar-refractivity contribution in [2.24, 2.45) is 5.41 Å². The number of aliphatic hydroxyl groups is 1. The molecule has 24 heavy (non-hydrogen) atoms. The molecule has 1 amide bonds. The third-order valence-electron chi connectivity index (χ3n) is 5.45. The van der Waals surface area contributed by atoms with Gasteiger partial charge in [0.25, 0.3) is 0 Å². The van der Waals surface area contributed by atoms with Gasteiger partial charge in [0.15, 0.2) is 0 Å². The van der Waals surface area contributed by atoms with Crippen molar-refractivity contribution < 1.29 is 9.90 Å². The summed E-state index contributed by atoms with van der Waals surface area (Å²) in [6, 6.07) is 6.29. The van der Waals surface area contributed by atoms with Crippen LogP contribution in [0, 0.1) is 5.41 Å². The summed E-state index contributed by atoms with van der Waals surface area (Å²) in [5.74, 6) is 1.67. The maximum absolute atomic E-state index is 12.1. The maximum atomic E-state index is 12.1. The van der Waals surface area contributed by atoms with Crippen LogP contribution in [0.1, 0.15) is 51.1 Å². The molecule has 0 aliphatic carbocycles. The summed E-state index contributed by atoms with van der Waals surface area (Å²) < 4.78 is 0. The van der Waals surface area contributed by atoms with Gasteiger partial charge in [-0.15, -0.1) is 0 Å². The molecule has 5 nitrogen and oxygen atoms in total. The van der Waals surface area contributed by atoms with Gasteiger partial charge in [0.1, 0.15) is 5.82 Å². The van der Waals surface area contributed by atoms with Crippen molar-refractivity contribution in [1.29, 1.82) is 0 Å². The zero-order valence-electron chi connectivity index (χ0n) is 14.9. The lowest BCUT2D eigenvalue weighted by Gasteiger charge is -2.48. The third kappa shape index (κ3) is 3.56. The second-order valence-electron chi connectivity index (χ2n) is 7.64. The van der Waals surface area contributed by atoms with Crippen LogP contribution in [0.25, 0.3) is 0 Å².